The molecule has 0 aliphatic rings. The number of nitrogens with one attached hydrogen (secondary N) is 1. The lowest BCUT2D eigenvalue weighted by atomic mass is 10.3. The van der Waals surface area contributed by atoms with Crippen LogP contribution in [0.15, 0.2) is 24.1 Å². The Balaban J connectivity index is 1.76. The first kappa shape index (κ1) is 11.3. The quantitative estimate of drug-likeness (QED) is 0.774. The molecule has 0 radical (unpaired) electrons. The van der Waals surface area contributed by atoms with Gasteiger partial charge >= 0.3 is 0 Å². The number of hydrogen-bond donors (Lipinski definition) is 2. The molecule has 0 unspecified atom stereocenters. The zero-order valence-electron chi connectivity index (χ0n) is 8.83. The minimum atomic E-state index is 0.120. The molecule has 2 aromatic heterocycles. The van der Waals surface area contributed by atoms with Crippen molar-refractivity contribution >= 4 is 11.3 Å². The molecule has 0 bridgehead atoms. The van der Waals surface area contributed by atoms with E-state index in [0.717, 1.165) is 18.7 Å². The Kier molecular flexibility index (Phi) is 4.03. The molecular weight excluding hydrogens is 224 g/mol. The average Bonchev–Trinajstić information content (AvgIpc) is 2.90. The lowest BCUT2D eigenvalue weighted by Crippen LogP contribution is -2.11. The molecule has 0 spiro atoms. The van der Waals surface area contributed by atoms with Crippen LogP contribution in [0.1, 0.15) is 10.4 Å². The average molecular weight is 238 g/mol. The zero-order valence-corrected chi connectivity index (χ0v) is 9.65. The van der Waals surface area contributed by atoms with Crippen LogP contribution in [0.2, 0.25) is 0 Å². The Bertz CT molecular complexity index is 412. The van der Waals surface area contributed by atoms with E-state index in [1.165, 1.54) is 4.88 Å². The largest absolute Gasteiger partial charge is 0.394 e. The van der Waals surface area contributed by atoms with Crippen molar-refractivity contribution < 1.29 is 5.11 Å². The van der Waals surface area contributed by atoms with E-state index in [9.17, 15) is 0 Å². The number of aromatic nitrogens is 3. The summed E-state index contributed by atoms with van der Waals surface area (Å²) in [6, 6.07) is 0. The lowest BCUT2D eigenvalue weighted by Gasteiger charge is -1.99. The van der Waals surface area contributed by atoms with Gasteiger partial charge in [-0.15, -0.1) is 11.3 Å². The summed E-state index contributed by atoms with van der Waals surface area (Å²) in [4.78, 5) is 5.24. The molecule has 0 aliphatic heterocycles. The predicted molar refractivity (Wildman–Crippen MR) is 62.0 cm³/mol. The molecule has 0 aliphatic carbocycles. The minimum Gasteiger partial charge on any atom is -0.394 e. The first-order chi connectivity index (χ1) is 7.88. The highest BCUT2D eigenvalue weighted by Gasteiger charge is 1.98. The van der Waals surface area contributed by atoms with Crippen LogP contribution < -0.4 is 5.32 Å². The summed E-state index contributed by atoms with van der Waals surface area (Å²) in [6.45, 7) is 2.28. The van der Waals surface area contributed by atoms with Crippen LogP contribution in [-0.2, 0) is 19.6 Å². The monoisotopic (exact) mass is 238 g/mol. The van der Waals surface area contributed by atoms with Gasteiger partial charge < -0.3 is 10.4 Å². The topological polar surface area (TPSA) is 63.0 Å². The lowest BCUT2D eigenvalue weighted by molar-refractivity contribution is 0.269. The Hall–Kier alpha value is -1.24. The molecule has 0 saturated heterocycles. The summed E-state index contributed by atoms with van der Waals surface area (Å²) in [6.07, 6.45) is 5.62. The van der Waals surface area contributed by atoms with Crippen molar-refractivity contribution in [1.82, 2.24) is 20.1 Å². The van der Waals surface area contributed by atoms with E-state index in [1.54, 1.807) is 16.0 Å². The second-order valence-corrected chi connectivity index (χ2v) is 4.38. The van der Waals surface area contributed by atoms with Crippen molar-refractivity contribution in [3.05, 3.63) is 34.5 Å². The molecule has 2 N–H and O–H groups in total. The third-order valence-corrected chi connectivity index (χ3v) is 2.91. The van der Waals surface area contributed by atoms with Crippen LogP contribution in [0.5, 0.6) is 0 Å². The highest BCUT2D eigenvalue weighted by Crippen LogP contribution is 2.05. The maximum absolute atomic E-state index is 8.75. The highest BCUT2D eigenvalue weighted by atomic mass is 32.1. The summed E-state index contributed by atoms with van der Waals surface area (Å²) < 4.78 is 1.74. The van der Waals surface area contributed by atoms with Crippen molar-refractivity contribution in [2.24, 2.45) is 0 Å². The fraction of sp³-hybridized carbons (Fsp3) is 0.400. The third-order valence-electron chi connectivity index (χ3n) is 2.13. The zero-order chi connectivity index (χ0) is 11.2. The summed E-state index contributed by atoms with van der Waals surface area (Å²) in [5.74, 6) is 0. The molecule has 5 nitrogen and oxygen atoms in total. The maximum Gasteiger partial charge on any atom is 0.0794 e. The third kappa shape index (κ3) is 3.13. The van der Waals surface area contributed by atoms with E-state index in [2.05, 4.69) is 15.4 Å². The molecule has 0 atom stereocenters. The van der Waals surface area contributed by atoms with Crippen LogP contribution in [0.25, 0.3) is 0 Å². The summed E-state index contributed by atoms with van der Waals surface area (Å²) in [5.41, 5.74) is 2.95. The normalized spacial score (nSPS) is 10.8. The summed E-state index contributed by atoms with van der Waals surface area (Å²) in [7, 11) is 0. The van der Waals surface area contributed by atoms with Gasteiger partial charge in [-0.1, -0.05) is 0 Å². The van der Waals surface area contributed by atoms with E-state index in [-0.39, 0.29) is 6.61 Å². The Morgan fingerprint density at radius 1 is 1.38 bits per heavy atom. The highest BCUT2D eigenvalue weighted by molar-refractivity contribution is 7.09. The molecule has 0 aromatic carbocycles. The molecule has 0 saturated carbocycles. The van der Waals surface area contributed by atoms with Crippen molar-refractivity contribution in [2.45, 2.75) is 19.6 Å². The molecule has 2 heterocycles. The Morgan fingerprint density at radius 2 is 2.31 bits per heavy atom. The van der Waals surface area contributed by atoms with Gasteiger partial charge in [0.25, 0.3) is 0 Å². The smallest absolute Gasteiger partial charge is 0.0794 e. The van der Waals surface area contributed by atoms with E-state index in [4.69, 9.17) is 5.11 Å². The summed E-state index contributed by atoms with van der Waals surface area (Å²) in [5, 5.41) is 16.2. The Morgan fingerprint density at radius 3 is 3.06 bits per heavy atom. The molecular formula is C10H14N4OS. The van der Waals surface area contributed by atoms with Crippen LogP contribution in [0.3, 0.4) is 0 Å². The molecule has 86 valence electrons. The standard InChI is InChI=1S/C10H14N4OS/c15-2-1-14-7-9(4-13-14)3-11-5-10-6-12-8-16-10/h4,6-8,11,15H,1-3,5H2. The predicted octanol–water partition coefficient (Wildman–Crippen LogP) is 0.622. The molecule has 0 fully saturated rings. The number of thiazole rings is 1. The first-order valence-corrected chi connectivity index (χ1v) is 5.96. The van der Waals surface area contributed by atoms with E-state index >= 15 is 0 Å². The van der Waals surface area contributed by atoms with Crippen LogP contribution >= 0.6 is 11.3 Å². The van der Waals surface area contributed by atoms with Gasteiger partial charge in [-0.2, -0.15) is 5.10 Å². The fourth-order valence-corrected chi connectivity index (χ4v) is 1.95. The second-order valence-electron chi connectivity index (χ2n) is 3.41. The molecule has 2 rings (SSSR count). The van der Waals surface area contributed by atoms with Gasteiger partial charge in [-0.3, -0.25) is 9.67 Å². The van der Waals surface area contributed by atoms with Crippen molar-refractivity contribution in [2.75, 3.05) is 6.61 Å². The van der Waals surface area contributed by atoms with Gasteiger partial charge in [0.05, 0.1) is 24.9 Å². The first-order valence-electron chi connectivity index (χ1n) is 5.09. The van der Waals surface area contributed by atoms with Gasteiger partial charge in [-0.05, 0) is 0 Å². The van der Waals surface area contributed by atoms with Crippen LogP contribution in [0, 0.1) is 0 Å². The van der Waals surface area contributed by atoms with Gasteiger partial charge in [0.2, 0.25) is 0 Å². The molecule has 6 heteroatoms. The number of aliphatic hydroxyl groups excluding tert-OH is 1. The molecule has 0 amide bonds. The van der Waals surface area contributed by atoms with Crippen LogP contribution in [-0.4, -0.2) is 26.5 Å². The Labute approximate surface area is 97.8 Å². The van der Waals surface area contributed by atoms with Crippen molar-refractivity contribution in [1.29, 1.82) is 0 Å². The van der Waals surface area contributed by atoms with Gasteiger partial charge in [0.15, 0.2) is 0 Å². The van der Waals surface area contributed by atoms with E-state index in [1.807, 2.05) is 24.1 Å². The van der Waals surface area contributed by atoms with E-state index < -0.39 is 0 Å². The van der Waals surface area contributed by atoms with Gasteiger partial charge in [0.1, 0.15) is 0 Å². The van der Waals surface area contributed by atoms with Gasteiger partial charge in [0, 0.05) is 35.9 Å². The van der Waals surface area contributed by atoms with Crippen molar-refractivity contribution in [3.8, 4) is 0 Å². The number of aliphatic hydroxyl groups is 1. The second kappa shape index (κ2) is 5.74. The minimum absolute atomic E-state index is 0.120. The summed E-state index contributed by atoms with van der Waals surface area (Å²) >= 11 is 1.64. The number of nitrogens with zero attached hydrogens (tertiary/aromatic N) is 3. The molecule has 2 aromatic rings. The van der Waals surface area contributed by atoms with Crippen LogP contribution in [0.4, 0.5) is 0 Å². The van der Waals surface area contributed by atoms with Crippen molar-refractivity contribution in [3.63, 3.8) is 0 Å². The number of rotatable bonds is 6. The molecule has 16 heavy (non-hydrogen) atoms. The SMILES string of the molecule is OCCn1cc(CNCc2cncs2)cn1. The fourth-order valence-electron chi connectivity index (χ4n) is 1.38. The maximum atomic E-state index is 8.75. The number of hydrogen-bond acceptors (Lipinski definition) is 5. The van der Waals surface area contributed by atoms with Gasteiger partial charge in [-0.25, -0.2) is 0 Å². The van der Waals surface area contributed by atoms with E-state index in [0.29, 0.717) is 6.54 Å².